The van der Waals surface area contributed by atoms with Crippen LogP contribution in [0.25, 0.3) is 0 Å². The fourth-order valence-corrected chi connectivity index (χ4v) is 4.11. The number of likely N-dealkylation sites (N-methyl/N-ethyl adjacent to an activating group) is 1. The Labute approximate surface area is 158 Å². The number of carbonyl (C=O) groups excluding carboxylic acids is 3. The molecule has 27 heavy (non-hydrogen) atoms. The van der Waals surface area contributed by atoms with E-state index in [0.29, 0.717) is 18.5 Å². The molecule has 1 aliphatic heterocycles. The first-order valence-electron chi connectivity index (χ1n) is 9.53. The number of halogens is 1. The normalized spacial score (nSPS) is 25.0. The lowest BCUT2D eigenvalue weighted by Gasteiger charge is -2.36. The lowest BCUT2D eigenvalue weighted by Crippen LogP contribution is -2.54. The molecule has 1 N–H and O–H groups in total. The van der Waals surface area contributed by atoms with Crippen LogP contribution >= 0.6 is 0 Å². The van der Waals surface area contributed by atoms with Gasteiger partial charge in [0.2, 0.25) is 5.91 Å². The number of hydrogen-bond donors (Lipinski definition) is 1. The average molecular weight is 375 g/mol. The summed E-state index contributed by atoms with van der Waals surface area (Å²) < 4.78 is 13.4. The van der Waals surface area contributed by atoms with E-state index in [-0.39, 0.29) is 36.6 Å². The van der Waals surface area contributed by atoms with E-state index in [2.05, 4.69) is 5.32 Å². The Kier molecular flexibility index (Phi) is 5.48. The van der Waals surface area contributed by atoms with Gasteiger partial charge < -0.3 is 10.2 Å². The van der Waals surface area contributed by atoms with Crippen LogP contribution in [0.4, 0.5) is 9.18 Å². The van der Waals surface area contributed by atoms with Crippen LogP contribution in [0.3, 0.4) is 0 Å². The minimum Gasteiger partial charge on any atom is -0.337 e. The molecule has 2 atom stereocenters. The first-order valence-corrected chi connectivity index (χ1v) is 9.53. The Bertz CT molecular complexity index is 754. The Morgan fingerprint density at radius 1 is 1.37 bits per heavy atom. The van der Waals surface area contributed by atoms with Crippen molar-refractivity contribution in [2.24, 2.45) is 5.92 Å². The third-order valence-corrected chi connectivity index (χ3v) is 5.79. The zero-order valence-corrected chi connectivity index (χ0v) is 15.8. The molecule has 1 saturated heterocycles. The van der Waals surface area contributed by atoms with Gasteiger partial charge in [-0.05, 0) is 43.4 Å². The van der Waals surface area contributed by atoms with Crippen LogP contribution in [-0.4, -0.2) is 46.3 Å². The standard InChI is InChI=1S/C20H26FN3O3/c1-3-23(12-15-8-6-9-16(21)11-15)17(25)13-24-18(26)20(22-19(24)27)10-5-4-7-14(20)2/h6,8-9,11,14H,3-5,7,10,12-13H2,1-2H3,(H,22,27)/t14-,20+/m0/s1. The van der Waals surface area contributed by atoms with Crippen molar-refractivity contribution in [3.8, 4) is 0 Å². The van der Waals surface area contributed by atoms with Gasteiger partial charge in [0.15, 0.2) is 0 Å². The van der Waals surface area contributed by atoms with Crippen molar-refractivity contribution in [1.82, 2.24) is 15.1 Å². The minimum atomic E-state index is -0.866. The zero-order chi connectivity index (χ0) is 19.6. The molecule has 1 heterocycles. The van der Waals surface area contributed by atoms with Crippen molar-refractivity contribution >= 4 is 17.8 Å². The first kappa shape index (κ1) is 19.3. The first-order chi connectivity index (χ1) is 12.9. The third kappa shape index (κ3) is 3.68. The van der Waals surface area contributed by atoms with Gasteiger partial charge in [-0.15, -0.1) is 0 Å². The monoisotopic (exact) mass is 375 g/mol. The summed E-state index contributed by atoms with van der Waals surface area (Å²) in [7, 11) is 0. The van der Waals surface area contributed by atoms with Crippen LogP contribution in [0, 0.1) is 11.7 Å². The maximum atomic E-state index is 13.4. The van der Waals surface area contributed by atoms with Gasteiger partial charge in [0.25, 0.3) is 5.91 Å². The fourth-order valence-electron chi connectivity index (χ4n) is 4.11. The minimum absolute atomic E-state index is 0.0531. The van der Waals surface area contributed by atoms with Crippen molar-refractivity contribution in [3.05, 3.63) is 35.6 Å². The molecule has 6 nitrogen and oxygen atoms in total. The van der Waals surface area contributed by atoms with Gasteiger partial charge in [0, 0.05) is 13.1 Å². The number of nitrogens with zero attached hydrogens (tertiary/aromatic N) is 2. The predicted molar refractivity (Wildman–Crippen MR) is 98.1 cm³/mol. The third-order valence-electron chi connectivity index (χ3n) is 5.79. The van der Waals surface area contributed by atoms with E-state index in [0.717, 1.165) is 24.2 Å². The molecule has 0 aromatic heterocycles. The van der Waals surface area contributed by atoms with Crippen molar-refractivity contribution < 1.29 is 18.8 Å². The van der Waals surface area contributed by atoms with Gasteiger partial charge in [-0.3, -0.25) is 14.5 Å². The highest BCUT2D eigenvalue weighted by molar-refractivity contribution is 6.09. The van der Waals surface area contributed by atoms with Crippen molar-refractivity contribution in [2.75, 3.05) is 13.1 Å². The molecular weight excluding hydrogens is 349 g/mol. The number of hydrogen-bond acceptors (Lipinski definition) is 3. The SMILES string of the molecule is CCN(Cc1cccc(F)c1)C(=O)CN1C(=O)N[C@@]2(CCCC[C@@H]2C)C1=O. The quantitative estimate of drug-likeness (QED) is 0.805. The predicted octanol–water partition coefficient (Wildman–Crippen LogP) is 2.67. The Morgan fingerprint density at radius 3 is 2.81 bits per heavy atom. The van der Waals surface area contributed by atoms with Crippen LogP contribution in [0.5, 0.6) is 0 Å². The summed E-state index contributed by atoms with van der Waals surface area (Å²) in [6.45, 7) is 4.14. The van der Waals surface area contributed by atoms with E-state index in [1.165, 1.54) is 17.0 Å². The van der Waals surface area contributed by atoms with Crippen LogP contribution in [0.15, 0.2) is 24.3 Å². The van der Waals surface area contributed by atoms with Gasteiger partial charge in [0.05, 0.1) is 0 Å². The molecule has 1 aliphatic carbocycles. The van der Waals surface area contributed by atoms with E-state index in [9.17, 15) is 18.8 Å². The topological polar surface area (TPSA) is 69.7 Å². The molecule has 0 radical (unpaired) electrons. The summed E-state index contributed by atoms with van der Waals surface area (Å²) in [5, 5.41) is 2.86. The van der Waals surface area contributed by atoms with E-state index in [1.54, 1.807) is 12.1 Å². The lowest BCUT2D eigenvalue weighted by atomic mass is 9.73. The maximum absolute atomic E-state index is 13.4. The molecule has 0 bridgehead atoms. The van der Waals surface area contributed by atoms with Crippen molar-refractivity contribution in [2.45, 2.75) is 51.6 Å². The maximum Gasteiger partial charge on any atom is 0.325 e. The number of rotatable bonds is 5. The molecular formula is C20H26FN3O3. The van der Waals surface area contributed by atoms with Gasteiger partial charge >= 0.3 is 6.03 Å². The van der Waals surface area contributed by atoms with Gasteiger partial charge in [0.1, 0.15) is 17.9 Å². The number of nitrogens with one attached hydrogen (secondary N) is 1. The zero-order valence-electron chi connectivity index (χ0n) is 15.8. The van der Waals surface area contributed by atoms with Crippen molar-refractivity contribution in [3.63, 3.8) is 0 Å². The van der Waals surface area contributed by atoms with Crippen LogP contribution < -0.4 is 5.32 Å². The van der Waals surface area contributed by atoms with E-state index >= 15 is 0 Å². The molecule has 3 rings (SSSR count). The average Bonchev–Trinajstić information content (AvgIpc) is 2.87. The second-order valence-electron chi connectivity index (χ2n) is 7.48. The summed E-state index contributed by atoms with van der Waals surface area (Å²) in [4.78, 5) is 40.7. The molecule has 146 valence electrons. The number of carbonyl (C=O) groups is 3. The molecule has 2 aliphatic rings. The van der Waals surface area contributed by atoms with E-state index in [1.807, 2.05) is 13.8 Å². The van der Waals surface area contributed by atoms with E-state index < -0.39 is 11.6 Å². The van der Waals surface area contributed by atoms with Crippen molar-refractivity contribution in [1.29, 1.82) is 0 Å². The molecule has 4 amide bonds. The number of urea groups is 1. The smallest absolute Gasteiger partial charge is 0.325 e. The number of imide groups is 1. The van der Waals surface area contributed by atoms with Gasteiger partial charge in [-0.25, -0.2) is 9.18 Å². The largest absolute Gasteiger partial charge is 0.337 e. The van der Waals surface area contributed by atoms with Gasteiger partial charge in [-0.2, -0.15) is 0 Å². The molecule has 1 saturated carbocycles. The second kappa shape index (κ2) is 7.66. The lowest BCUT2D eigenvalue weighted by molar-refractivity contribution is -0.140. The molecule has 1 spiro atoms. The Hall–Kier alpha value is -2.44. The Balaban J connectivity index is 1.70. The van der Waals surface area contributed by atoms with Crippen LogP contribution in [0.2, 0.25) is 0 Å². The molecule has 7 heteroatoms. The second-order valence-corrected chi connectivity index (χ2v) is 7.48. The molecule has 2 fully saturated rings. The highest BCUT2D eigenvalue weighted by atomic mass is 19.1. The summed E-state index contributed by atoms with van der Waals surface area (Å²) in [5.74, 6) is -0.934. The summed E-state index contributed by atoms with van der Waals surface area (Å²) in [5.41, 5.74) is -0.199. The summed E-state index contributed by atoms with van der Waals surface area (Å²) >= 11 is 0. The summed E-state index contributed by atoms with van der Waals surface area (Å²) in [6, 6.07) is 5.56. The Morgan fingerprint density at radius 2 is 2.15 bits per heavy atom. The van der Waals surface area contributed by atoms with Gasteiger partial charge in [-0.1, -0.05) is 31.9 Å². The number of amides is 4. The highest BCUT2D eigenvalue weighted by Crippen LogP contribution is 2.38. The number of benzene rings is 1. The highest BCUT2D eigenvalue weighted by Gasteiger charge is 2.55. The summed E-state index contributed by atoms with van der Waals surface area (Å²) in [6.07, 6.45) is 3.43. The van der Waals surface area contributed by atoms with Crippen LogP contribution in [-0.2, 0) is 16.1 Å². The van der Waals surface area contributed by atoms with Crippen LogP contribution in [0.1, 0.15) is 45.1 Å². The van der Waals surface area contributed by atoms with E-state index in [4.69, 9.17) is 0 Å². The molecule has 0 unspecified atom stereocenters. The fraction of sp³-hybridized carbons (Fsp3) is 0.550. The molecule has 1 aromatic rings. The molecule has 1 aromatic carbocycles.